The van der Waals surface area contributed by atoms with Gasteiger partial charge < -0.3 is 19.7 Å². The summed E-state index contributed by atoms with van der Waals surface area (Å²) >= 11 is 0. The second-order valence-electron chi connectivity index (χ2n) is 4.63. The molecule has 0 aliphatic rings. The summed E-state index contributed by atoms with van der Waals surface area (Å²) in [6, 6.07) is 3.53. The van der Waals surface area contributed by atoms with Crippen LogP contribution >= 0.6 is 0 Å². The molecule has 0 radical (unpaired) electrons. The number of hydrogen-bond acceptors (Lipinski definition) is 4. The number of ether oxygens (including phenoxy) is 1. The second-order valence-corrected chi connectivity index (χ2v) is 4.63. The van der Waals surface area contributed by atoms with E-state index in [9.17, 15) is 9.90 Å². The lowest BCUT2D eigenvalue weighted by Crippen LogP contribution is -2.02. The summed E-state index contributed by atoms with van der Waals surface area (Å²) in [6.07, 6.45) is 4.01. The Bertz CT molecular complexity index is 512. The highest BCUT2D eigenvalue weighted by Crippen LogP contribution is 2.32. The molecule has 0 aliphatic carbocycles. The summed E-state index contributed by atoms with van der Waals surface area (Å²) in [5.41, 5.74) is 1.40. The molecular formula is C17H22O4. The number of benzene rings is 1. The average Bonchev–Trinajstić information content (AvgIpc) is 2.49. The van der Waals surface area contributed by atoms with Crippen LogP contribution in [0.15, 0.2) is 12.1 Å². The smallest absolute Gasteiger partial charge is 0.126 e. The zero-order valence-corrected chi connectivity index (χ0v) is 12.4. The first-order valence-electron chi connectivity index (χ1n) is 7.21. The summed E-state index contributed by atoms with van der Waals surface area (Å²) in [4.78, 5) is 10.6. The maximum Gasteiger partial charge on any atom is 0.126 e. The molecule has 1 aromatic carbocycles. The van der Waals surface area contributed by atoms with Crippen molar-refractivity contribution in [3.05, 3.63) is 23.3 Å². The SMILES string of the molecule is CCCc1c(OCCCC#CCO)ccc(CC=O)c1O. The van der Waals surface area contributed by atoms with E-state index in [1.54, 1.807) is 6.07 Å². The lowest BCUT2D eigenvalue weighted by molar-refractivity contribution is -0.107. The van der Waals surface area contributed by atoms with E-state index in [0.717, 1.165) is 24.7 Å². The molecule has 1 aromatic rings. The number of hydrogen-bond donors (Lipinski definition) is 2. The van der Waals surface area contributed by atoms with Crippen molar-refractivity contribution in [3.8, 4) is 23.3 Å². The highest BCUT2D eigenvalue weighted by molar-refractivity contribution is 5.60. The van der Waals surface area contributed by atoms with Gasteiger partial charge in [0.1, 0.15) is 24.4 Å². The van der Waals surface area contributed by atoms with Crippen LogP contribution in [0.2, 0.25) is 0 Å². The van der Waals surface area contributed by atoms with E-state index < -0.39 is 0 Å². The van der Waals surface area contributed by atoms with Crippen LogP contribution in [0.5, 0.6) is 11.5 Å². The molecule has 0 bridgehead atoms. The summed E-state index contributed by atoms with van der Waals surface area (Å²) in [7, 11) is 0. The number of phenols is 1. The number of phenolic OH excluding ortho intramolecular Hbond substituents is 1. The average molecular weight is 290 g/mol. The van der Waals surface area contributed by atoms with Crippen LogP contribution in [-0.2, 0) is 17.6 Å². The van der Waals surface area contributed by atoms with Crippen molar-refractivity contribution in [2.75, 3.05) is 13.2 Å². The van der Waals surface area contributed by atoms with Gasteiger partial charge in [0.15, 0.2) is 0 Å². The summed E-state index contributed by atoms with van der Waals surface area (Å²) in [6.45, 7) is 2.41. The summed E-state index contributed by atoms with van der Waals surface area (Å²) in [5.74, 6) is 6.25. The van der Waals surface area contributed by atoms with E-state index in [1.807, 2.05) is 13.0 Å². The van der Waals surface area contributed by atoms with Crippen molar-refractivity contribution in [2.45, 2.75) is 39.0 Å². The Balaban J connectivity index is 2.72. The first kappa shape index (κ1) is 17.1. The quantitative estimate of drug-likeness (QED) is 0.438. The van der Waals surface area contributed by atoms with E-state index in [-0.39, 0.29) is 18.8 Å². The summed E-state index contributed by atoms with van der Waals surface area (Å²) in [5, 5.41) is 18.8. The maximum atomic E-state index is 10.6. The molecule has 0 amide bonds. The van der Waals surface area contributed by atoms with Gasteiger partial charge in [0.2, 0.25) is 0 Å². The van der Waals surface area contributed by atoms with E-state index in [0.29, 0.717) is 30.8 Å². The monoisotopic (exact) mass is 290 g/mol. The number of aldehydes is 1. The first-order chi connectivity index (χ1) is 10.2. The molecule has 0 fully saturated rings. The minimum atomic E-state index is -0.117. The molecule has 0 spiro atoms. The van der Waals surface area contributed by atoms with Gasteiger partial charge >= 0.3 is 0 Å². The van der Waals surface area contributed by atoms with E-state index >= 15 is 0 Å². The van der Waals surface area contributed by atoms with Gasteiger partial charge in [-0.2, -0.15) is 0 Å². The van der Waals surface area contributed by atoms with Crippen molar-refractivity contribution in [1.82, 2.24) is 0 Å². The minimum Gasteiger partial charge on any atom is -0.507 e. The van der Waals surface area contributed by atoms with Gasteiger partial charge in [-0.3, -0.25) is 0 Å². The number of aromatic hydroxyl groups is 1. The van der Waals surface area contributed by atoms with Crippen molar-refractivity contribution in [2.24, 2.45) is 0 Å². The first-order valence-corrected chi connectivity index (χ1v) is 7.21. The van der Waals surface area contributed by atoms with Crippen LogP contribution in [0.1, 0.15) is 37.3 Å². The number of rotatable bonds is 8. The summed E-state index contributed by atoms with van der Waals surface area (Å²) < 4.78 is 5.71. The molecule has 4 heteroatoms. The van der Waals surface area contributed by atoms with Crippen molar-refractivity contribution < 1.29 is 19.7 Å². The molecule has 0 heterocycles. The molecule has 114 valence electrons. The zero-order valence-electron chi connectivity index (χ0n) is 12.4. The van der Waals surface area contributed by atoms with E-state index in [4.69, 9.17) is 9.84 Å². The Morgan fingerprint density at radius 1 is 1.33 bits per heavy atom. The fraction of sp³-hybridized carbons (Fsp3) is 0.471. The molecule has 0 saturated heterocycles. The Morgan fingerprint density at radius 2 is 2.14 bits per heavy atom. The van der Waals surface area contributed by atoms with Gasteiger partial charge in [0, 0.05) is 24.0 Å². The van der Waals surface area contributed by atoms with E-state index in [2.05, 4.69) is 11.8 Å². The van der Waals surface area contributed by atoms with Crippen LogP contribution in [-0.4, -0.2) is 29.7 Å². The lowest BCUT2D eigenvalue weighted by Gasteiger charge is -2.14. The normalized spacial score (nSPS) is 9.81. The van der Waals surface area contributed by atoms with Gasteiger partial charge in [-0.05, 0) is 18.9 Å². The van der Waals surface area contributed by atoms with Gasteiger partial charge in [-0.25, -0.2) is 0 Å². The lowest BCUT2D eigenvalue weighted by atomic mass is 10.0. The predicted octanol–water partition coefficient (Wildman–Crippen LogP) is 2.24. The standard InChI is InChI=1S/C17H22O4/c1-2-7-15-16(21-13-6-4-3-5-11-18)9-8-14(10-12-19)17(15)20/h8-9,12,18,20H,2,4,6-7,10-11,13H2,1H3. The van der Waals surface area contributed by atoms with Crippen molar-refractivity contribution in [1.29, 1.82) is 0 Å². The van der Waals surface area contributed by atoms with Gasteiger partial charge in [-0.1, -0.05) is 25.3 Å². The highest BCUT2D eigenvalue weighted by Gasteiger charge is 2.12. The van der Waals surface area contributed by atoms with Gasteiger partial charge in [-0.15, -0.1) is 5.92 Å². The van der Waals surface area contributed by atoms with Crippen LogP contribution < -0.4 is 4.74 Å². The minimum absolute atomic E-state index is 0.117. The molecule has 0 saturated carbocycles. The zero-order chi connectivity index (χ0) is 15.5. The largest absolute Gasteiger partial charge is 0.507 e. The molecule has 0 unspecified atom stereocenters. The Morgan fingerprint density at radius 3 is 2.81 bits per heavy atom. The van der Waals surface area contributed by atoms with Crippen molar-refractivity contribution >= 4 is 6.29 Å². The molecule has 0 atom stereocenters. The highest BCUT2D eigenvalue weighted by atomic mass is 16.5. The number of aliphatic hydroxyl groups excluding tert-OH is 1. The van der Waals surface area contributed by atoms with Gasteiger partial charge in [0.25, 0.3) is 0 Å². The topological polar surface area (TPSA) is 66.8 Å². The Kier molecular flexibility index (Phi) is 8.00. The molecule has 1 rings (SSSR count). The predicted molar refractivity (Wildman–Crippen MR) is 81.5 cm³/mol. The molecular weight excluding hydrogens is 268 g/mol. The molecule has 0 aliphatic heterocycles. The van der Waals surface area contributed by atoms with Crippen LogP contribution in [0.4, 0.5) is 0 Å². The Hall–Kier alpha value is -1.99. The third-order valence-corrected chi connectivity index (χ3v) is 3.03. The fourth-order valence-electron chi connectivity index (χ4n) is 2.03. The Labute approximate surface area is 125 Å². The molecule has 2 N–H and O–H groups in total. The van der Waals surface area contributed by atoms with Crippen LogP contribution in [0, 0.1) is 11.8 Å². The third-order valence-electron chi connectivity index (χ3n) is 3.03. The number of aliphatic hydroxyl groups is 1. The molecule has 21 heavy (non-hydrogen) atoms. The fourth-order valence-corrected chi connectivity index (χ4v) is 2.03. The third kappa shape index (κ3) is 5.49. The van der Waals surface area contributed by atoms with Gasteiger partial charge in [0.05, 0.1) is 6.61 Å². The number of carbonyl (C=O) groups excluding carboxylic acids is 1. The second kappa shape index (κ2) is 9.84. The maximum absolute atomic E-state index is 10.6. The molecule has 0 aromatic heterocycles. The van der Waals surface area contributed by atoms with E-state index in [1.165, 1.54) is 0 Å². The number of carbonyl (C=O) groups is 1. The van der Waals surface area contributed by atoms with Crippen molar-refractivity contribution in [3.63, 3.8) is 0 Å². The van der Waals surface area contributed by atoms with Crippen LogP contribution in [0.25, 0.3) is 0 Å². The molecule has 4 nitrogen and oxygen atoms in total. The van der Waals surface area contributed by atoms with Crippen LogP contribution in [0.3, 0.4) is 0 Å². The number of unbranched alkanes of at least 4 members (excludes halogenated alkanes) is 1.